The van der Waals surface area contributed by atoms with Gasteiger partial charge in [-0.2, -0.15) is 0 Å². The molecule has 1 heterocycles. The maximum atomic E-state index is 4.46. The Kier molecular flexibility index (Phi) is 2.27. The van der Waals surface area contributed by atoms with E-state index in [1.165, 1.54) is 5.69 Å². The Bertz CT molecular complexity index is 388. The molecular formula is C10H11IN2. The Morgan fingerprint density at radius 2 is 2.08 bits per heavy atom. The molecule has 0 aliphatic heterocycles. The predicted octanol–water partition coefficient (Wildman–Crippen LogP) is 3.07. The van der Waals surface area contributed by atoms with Crippen LogP contribution in [-0.2, 0) is 0 Å². The predicted molar refractivity (Wildman–Crippen MR) is 63.6 cm³/mol. The normalized spacial score (nSPS) is 20.1. The second-order valence-electron chi connectivity index (χ2n) is 3.29. The number of imidazole rings is 1. The third-order valence-electron chi connectivity index (χ3n) is 2.16. The van der Waals surface area contributed by atoms with Gasteiger partial charge >= 0.3 is 0 Å². The highest BCUT2D eigenvalue weighted by Crippen LogP contribution is 2.22. The van der Waals surface area contributed by atoms with Crippen LogP contribution in [0.2, 0.25) is 0 Å². The Hall–Kier alpha value is -0.580. The van der Waals surface area contributed by atoms with Crippen LogP contribution in [0.15, 0.2) is 12.2 Å². The lowest BCUT2D eigenvalue weighted by molar-refractivity contribution is 0.952. The SMILES string of the molecule is Cc1nc2c(n1I)C=CC(C)C=C2. The van der Waals surface area contributed by atoms with Crippen molar-refractivity contribution < 1.29 is 0 Å². The van der Waals surface area contributed by atoms with Gasteiger partial charge in [0.1, 0.15) is 5.82 Å². The Balaban J connectivity index is 2.58. The van der Waals surface area contributed by atoms with Crippen molar-refractivity contribution >= 4 is 35.0 Å². The lowest BCUT2D eigenvalue weighted by Gasteiger charge is -1.95. The van der Waals surface area contributed by atoms with Crippen molar-refractivity contribution in [1.82, 2.24) is 7.76 Å². The van der Waals surface area contributed by atoms with E-state index < -0.39 is 0 Å². The molecule has 0 saturated carbocycles. The fourth-order valence-electron chi connectivity index (χ4n) is 1.37. The third-order valence-corrected chi connectivity index (χ3v) is 3.37. The molecule has 1 atom stereocenters. The Labute approximate surface area is 91.9 Å². The van der Waals surface area contributed by atoms with Gasteiger partial charge in [0.2, 0.25) is 0 Å². The largest absolute Gasteiger partial charge is 0.268 e. The van der Waals surface area contributed by atoms with Crippen molar-refractivity contribution in [2.75, 3.05) is 0 Å². The van der Waals surface area contributed by atoms with E-state index in [1.807, 2.05) is 6.92 Å². The molecule has 2 nitrogen and oxygen atoms in total. The minimum Gasteiger partial charge on any atom is -0.268 e. The molecule has 68 valence electrons. The molecule has 0 saturated heterocycles. The third kappa shape index (κ3) is 1.57. The second kappa shape index (κ2) is 3.29. The minimum absolute atomic E-state index is 0.505. The lowest BCUT2D eigenvalue weighted by Crippen LogP contribution is -1.85. The highest BCUT2D eigenvalue weighted by Gasteiger charge is 2.10. The molecule has 1 unspecified atom stereocenters. The van der Waals surface area contributed by atoms with E-state index in [9.17, 15) is 0 Å². The van der Waals surface area contributed by atoms with Gasteiger partial charge in [0.05, 0.1) is 34.3 Å². The molecule has 3 heteroatoms. The number of nitrogens with zero attached hydrogens (tertiary/aromatic N) is 2. The van der Waals surface area contributed by atoms with Crippen LogP contribution in [0.1, 0.15) is 24.1 Å². The summed E-state index contributed by atoms with van der Waals surface area (Å²) in [4.78, 5) is 4.46. The molecule has 0 bridgehead atoms. The van der Waals surface area contributed by atoms with Gasteiger partial charge in [-0.3, -0.25) is 2.78 Å². The Morgan fingerprint density at radius 3 is 2.85 bits per heavy atom. The standard InChI is InChI=1S/C10H11IN2/c1-7-3-5-9-10(6-4-7)13(11)8(2)12-9/h3-7H,1-2H3. The van der Waals surface area contributed by atoms with E-state index >= 15 is 0 Å². The molecule has 0 amide bonds. The van der Waals surface area contributed by atoms with Crippen molar-refractivity contribution in [2.24, 2.45) is 5.92 Å². The monoisotopic (exact) mass is 286 g/mol. The van der Waals surface area contributed by atoms with Gasteiger partial charge in [-0.1, -0.05) is 19.1 Å². The van der Waals surface area contributed by atoms with Gasteiger partial charge in [-0.15, -0.1) is 0 Å². The lowest BCUT2D eigenvalue weighted by atomic mass is 10.2. The molecule has 0 N–H and O–H groups in total. The second-order valence-corrected chi connectivity index (χ2v) is 4.25. The number of hydrogen-bond donors (Lipinski definition) is 0. The van der Waals surface area contributed by atoms with Crippen molar-refractivity contribution in [3.05, 3.63) is 29.4 Å². The molecule has 1 aliphatic carbocycles. The van der Waals surface area contributed by atoms with E-state index in [-0.39, 0.29) is 0 Å². The molecule has 0 radical (unpaired) electrons. The van der Waals surface area contributed by atoms with Crippen molar-refractivity contribution in [1.29, 1.82) is 0 Å². The van der Waals surface area contributed by atoms with Gasteiger partial charge in [-0.25, -0.2) is 4.98 Å². The molecule has 1 aromatic rings. The molecule has 1 aliphatic rings. The summed E-state index contributed by atoms with van der Waals surface area (Å²) in [6.07, 6.45) is 8.61. The van der Waals surface area contributed by atoms with Crippen LogP contribution < -0.4 is 0 Å². The van der Waals surface area contributed by atoms with Crippen LogP contribution in [0, 0.1) is 12.8 Å². The van der Waals surface area contributed by atoms with Gasteiger partial charge in [0.25, 0.3) is 0 Å². The zero-order valence-corrected chi connectivity index (χ0v) is 9.82. The van der Waals surface area contributed by atoms with Gasteiger partial charge < -0.3 is 0 Å². The van der Waals surface area contributed by atoms with E-state index in [0.29, 0.717) is 5.92 Å². The first kappa shape index (κ1) is 8.99. The summed E-state index contributed by atoms with van der Waals surface area (Å²) < 4.78 is 2.09. The number of aromatic nitrogens is 2. The number of aryl methyl sites for hydroxylation is 1. The fraction of sp³-hybridized carbons (Fsp3) is 0.300. The zero-order valence-electron chi connectivity index (χ0n) is 7.66. The minimum atomic E-state index is 0.505. The zero-order chi connectivity index (χ0) is 9.42. The number of halogens is 1. The maximum Gasteiger partial charge on any atom is 0.115 e. The summed E-state index contributed by atoms with van der Waals surface area (Å²) in [5.74, 6) is 1.56. The molecule has 1 aromatic heterocycles. The number of allylic oxidation sites excluding steroid dienone is 2. The van der Waals surface area contributed by atoms with Gasteiger partial charge in [0.15, 0.2) is 0 Å². The number of hydrogen-bond acceptors (Lipinski definition) is 1. The van der Waals surface area contributed by atoms with Crippen LogP contribution in [0.5, 0.6) is 0 Å². The average Bonchev–Trinajstić information content (AvgIpc) is 2.28. The number of fused-ring (bicyclic) bond motifs is 1. The molecule has 0 spiro atoms. The highest BCUT2D eigenvalue weighted by molar-refractivity contribution is 14.1. The molecule has 0 aromatic carbocycles. The first-order valence-corrected chi connectivity index (χ1v) is 5.27. The van der Waals surface area contributed by atoms with Crippen LogP contribution in [0.3, 0.4) is 0 Å². The van der Waals surface area contributed by atoms with Crippen LogP contribution >= 0.6 is 22.9 Å². The first-order chi connectivity index (χ1) is 6.18. The smallest absolute Gasteiger partial charge is 0.115 e. The number of rotatable bonds is 0. The van der Waals surface area contributed by atoms with Crippen LogP contribution in [0.4, 0.5) is 0 Å². The average molecular weight is 286 g/mol. The van der Waals surface area contributed by atoms with Crippen molar-refractivity contribution in [3.8, 4) is 0 Å². The summed E-state index contributed by atoms with van der Waals surface area (Å²) in [6, 6.07) is 0. The van der Waals surface area contributed by atoms with E-state index in [2.05, 4.69) is 61.9 Å². The van der Waals surface area contributed by atoms with Crippen LogP contribution in [-0.4, -0.2) is 7.76 Å². The topological polar surface area (TPSA) is 17.8 Å². The highest BCUT2D eigenvalue weighted by atomic mass is 127. The maximum absolute atomic E-state index is 4.46. The molecule has 2 rings (SSSR count). The van der Waals surface area contributed by atoms with Gasteiger partial charge in [0, 0.05) is 0 Å². The summed E-state index contributed by atoms with van der Waals surface area (Å²) in [6.45, 7) is 4.19. The van der Waals surface area contributed by atoms with E-state index in [0.717, 1.165) is 11.5 Å². The summed E-state index contributed by atoms with van der Waals surface area (Å²) in [5.41, 5.74) is 2.27. The molecule has 0 fully saturated rings. The first-order valence-electron chi connectivity index (χ1n) is 4.30. The van der Waals surface area contributed by atoms with E-state index in [1.54, 1.807) is 0 Å². The molecule has 13 heavy (non-hydrogen) atoms. The summed E-state index contributed by atoms with van der Waals surface area (Å²) in [7, 11) is 0. The van der Waals surface area contributed by atoms with E-state index in [4.69, 9.17) is 0 Å². The molecular weight excluding hydrogens is 275 g/mol. The van der Waals surface area contributed by atoms with Gasteiger partial charge in [-0.05, 0) is 25.0 Å². The van der Waals surface area contributed by atoms with Crippen molar-refractivity contribution in [3.63, 3.8) is 0 Å². The fourth-order valence-corrected chi connectivity index (χ4v) is 1.89. The summed E-state index contributed by atoms with van der Waals surface area (Å²) in [5, 5.41) is 0. The van der Waals surface area contributed by atoms with Crippen molar-refractivity contribution in [2.45, 2.75) is 13.8 Å². The quantitative estimate of drug-likeness (QED) is 0.670. The Morgan fingerprint density at radius 1 is 1.38 bits per heavy atom. The summed E-state index contributed by atoms with van der Waals surface area (Å²) >= 11 is 2.28. The van der Waals surface area contributed by atoms with Crippen LogP contribution in [0.25, 0.3) is 12.2 Å².